The van der Waals surface area contributed by atoms with Crippen LogP contribution in [0.2, 0.25) is 0 Å². The van der Waals surface area contributed by atoms with Gasteiger partial charge in [-0.1, -0.05) is 22.0 Å². The molecular formula is C12H14BrNO3. The van der Waals surface area contributed by atoms with Gasteiger partial charge in [0.1, 0.15) is 5.41 Å². The molecule has 5 heteroatoms. The van der Waals surface area contributed by atoms with E-state index in [4.69, 9.17) is 9.84 Å². The van der Waals surface area contributed by atoms with Crippen molar-refractivity contribution in [2.75, 3.05) is 25.1 Å². The molecule has 92 valence electrons. The van der Waals surface area contributed by atoms with Crippen molar-refractivity contribution in [3.63, 3.8) is 0 Å². The molecule has 17 heavy (non-hydrogen) atoms. The lowest BCUT2D eigenvalue weighted by Gasteiger charge is -2.37. The number of carboxylic acids is 1. The third-order valence-corrected chi connectivity index (χ3v) is 3.52. The smallest absolute Gasteiger partial charge is 0.316 e. The van der Waals surface area contributed by atoms with E-state index in [0.29, 0.717) is 6.54 Å². The zero-order chi connectivity index (χ0) is 12.5. The Morgan fingerprint density at radius 1 is 1.59 bits per heavy atom. The number of aliphatic carboxylic acids is 1. The van der Waals surface area contributed by atoms with E-state index >= 15 is 0 Å². The van der Waals surface area contributed by atoms with E-state index in [1.54, 1.807) is 0 Å². The Labute approximate surface area is 108 Å². The van der Waals surface area contributed by atoms with Gasteiger partial charge in [-0.3, -0.25) is 4.79 Å². The monoisotopic (exact) mass is 299 g/mol. The Hall–Kier alpha value is -1.07. The SMILES string of the molecule is Cc1ccc(Br)cc1NCC1(C(=O)O)COC1. The van der Waals surface area contributed by atoms with Crippen molar-refractivity contribution in [1.29, 1.82) is 0 Å². The van der Waals surface area contributed by atoms with Crippen LogP contribution < -0.4 is 5.32 Å². The molecule has 1 aliphatic heterocycles. The van der Waals surface area contributed by atoms with Crippen molar-refractivity contribution in [2.24, 2.45) is 5.41 Å². The number of benzene rings is 1. The van der Waals surface area contributed by atoms with Crippen molar-refractivity contribution < 1.29 is 14.6 Å². The molecule has 2 N–H and O–H groups in total. The van der Waals surface area contributed by atoms with Crippen LogP contribution in [0.25, 0.3) is 0 Å². The molecule has 0 spiro atoms. The molecule has 0 amide bonds. The van der Waals surface area contributed by atoms with Gasteiger partial charge in [0.15, 0.2) is 0 Å². The topological polar surface area (TPSA) is 58.6 Å². The molecule has 0 aromatic heterocycles. The Morgan fingerprint density at radius 3 is 2.82 bits per heavy atom. The Balaban J connectivity index is 2.07. The van der Waals surface area contributed by atoms with Gasteiger partial charge < -0.3 is 15.2 Å². The Morgan fingerprint density at radius 2 is 2.29 bits per heavy atom. The number of nitrogens with one attached hydrogen (secondary N) is 1. The lowest BCUT2D eigenvalue weighted by molar-refractivity contribution is -0.176. The lowest BCUT2D eigenvalue weighted by Crippen LogP contribution is -2.53. The van der Waals surface area contributed by atoms with Crippen LogP contribution in [0.4, 0.5) is 5.69 Å². The van der Waals surface area contributed by atoms with Gasteiger partial charge in [0.2, 0.25) is 0 Å². The summed E-state index contributed by atoms with van der Waals surface area (Å²) in [5.74, 6) is -0.802. The third-order valence-electron chi connectivity index (χ3n) is 3.03. The summed E-state index contributed by atoms with van der Waals surface area (Å²) in [7, 11) is 0. The van der Waals surface area contributed by atoms with Gasteiger partial charge >= 0.3 is 5.97 Å². The van der Waals surface area contributed by atoms with Crippen molar-refractivity contribution in [1.82, 2.24) is 0 Å². The van der Waals surface area contributed by atoms with Gasteiger partial charge in [-0.05, 0) is 24.6 Å². The number of anilines is 1. The number of halogens is 1. The average Bonchev–Trinajstić information content (AvgIpc) is 2.21. The summed E-state index contributed by atoms with van der Waals surface area (Å²) >= 11 is 3.40. The number of ether oxygens (including phenoxy) is 1. The number of carboxylic acid groups (broad SMARTS) is 1. The zero-order valence-corrected chi connectivity index (χ0v) is 11.1. The maximum atomic E-state index is 11.1. The maximum Gasteiger partial charge on any atom is 0.316 e. The summed E-state index contributed by atoms with van der Waals surface area (Å²) in [6.45, 7) is 2.93. The molecule has 0 aliphatic carbocycles. The summed E-state index contributed by atoms with van der Waals surface area (Å²) in [4.78, 5) is 11.1. The Kier molecular flexibility index (Phi) is 3.40. The van der Waals surface area contributed by atoms with E-state index in [-0.39, 0.29) is 13.2 Å². The van der Waals surface area contributed by atoms with Crippen molar-refractivity contribution in [3.05, 3.63) is 28.2 Å². The van der Waals surface area contributed by atoms with Crippen molar-refractivity contribution in [2.45, 2.75) is 6.92 Å². The van der Waals surface area contributed by atoms with Gasteiger partial charge in [0.25, 0.3) is 0 Å². The standard InChI is InChI=1S/C12H14BrNO3/c1-8-2-3-9(13)4-10(8)14-5-12(11(15)16)6-17-7-12/h2-4,14H,5-7H2,1H3,(H,15,16). The molecular weight excluding hydrogens is 286 g/mol. The lowest BCUT2D eigenvalue weighted by atomic mass is 9.86. The highest BCUT2D eigenvalue weighted by Gasteiger charge is 2.46. The van der Waals surface area contributed by atoms with E-state index in [9.17, 15) is 4.79 Å². The molecule has 1 aliphatic rings. The highest BCUT2D eigenvalue weighted by molar-refractivity contribution is 9.10. The van der Waals surface area contributed by atoms with Crippen molar-refractivity contribution >= 4 is 27.6 Å². The molecule has 0 atom stereocenters. The molecule has 0 saturated carbocycles. The molecule has 2 rings (SSSR count). The second-order valence-corrected chi connectivity index (χ2v) is 5.31. The minimum atomic E-state index is -0.802. The first-order valence-electron chi connectivity index (χ1n) is 5.35. The maximum absolute atomic E-state index is 11.1. The first-order chi connectivity index (χ1) is 8.03. The molecule has 0 bridgehead atoms. The number of carbonyl (C=O) groups is 1. The summed E-state index contributed by atoms with van der Waals surface area (Å²) < 4.78 is 5.98. The molecule has 4 nitrogen and oxygen atoms in total. The van der Waals surface area contributed by atoms with Crippen LogP contribution in [0.15, 0.2) is 22.7 Å². The molecule has 1 fully saturated rings. The predicted octanol–water partition coefficient (Wildman–Crippen LogP) is 2.27. The third kappa shape index (κ3) is 2.45. The molecule has 1 saturated heterocycles. The minimum absolute atomic E-state index is 0.280. The van der Waals surface area contributed by atoms with Gasteiger partial charge in [0.05, 0.1) is 13.2 Å². The highest BCUT2D eigenvalue weighted by atomic mass is 79.9. The number of aryl methyl sites for hydroxylation is 1. The van der Waals surface area contributed by atoms with Crippen molar-refractivity contribution in [3.8, 4) is 0 Å². The van der Waals surface area contributed by atoms with E-state index < -0.39 is 11.4 Å². The zero-order valence-electron chi connectivity index (χ0n) is 9.50. The Bertz CT molecular complexity index is 443. The summed E-state index contributed by atoms with van der Waals surface area (Å²) in [5, 5.41) is 12.3. The fourth-order valence-corrected chi connectivity index (χ4v) is 2.06. The van der Waals surface area contributed by atoms with E-state index in [1.807, 2.05) is 25.1 Å². The molecule has 0 unspecified atom stereocenters. The number of hydrogen-bond donors (Lipinski definition) is 2. The molecule has 1 aromatic rings. The quantitative estimate of drug-likeness (QED) is 0.895. The average molecular weight is 300 g/mol. The summed E-state index contributed by atoms with van der Waals surface area (Å²) in [6.07, 6.45) is 0. The predicted molar refractivity (Wildman–Crippen MR) is 68.3 cm³/mol. The van der Waals surface area contributed by atoms with Crippen LogP contribution in [0, 0.1) is 12.3 Å². The summed E-state index contributed by atoms with van der Waals surface area (Å²) in [6, 6.07) is 5.89. The summed E-state index contributed by atoms with van der Waals surface area (Å²) in [5.41, 5.74) is 1.27. The van der Waals surface area contributed by atoms with Crippen LogP contribution in [0.3, 0.4) is 0 Å². The fraction of sp³-hybridized carbons (Fsp3) is 0.417. The van der Waals surface area contributed by atoms with Crippen LogP contribution in [-0.2, 0) is 9.53 Å². The first-order valence-corrected chi connectivity index (χ1v) is 6.14. The molecule has 1 aromatic carbocycles. The van der Waals surface area contributed by atoms with Crippen LogP contribution in [0.5, 0.6) is 0 Å². The number of rotatable bonds is 4. The van der Waals surface area contributed by atoms with E-state index in [0.717, 1.165) is 15.7 Å². The van der Waals surface area contributed by atoms with Gasteiger partial charge in [-0.25, -0.2) is 0 Å². The number of hydrogen-bond acceptors (Lipinski definition) is 3. The first kappa shape index (κ1) is 12.4. The van der Waals surface area contributed by atoms with Gasteiger partial charge in [-0.2, -0.15) is 0 Å². The second kappa shape index (κ2) is 4.66. The fourth-order valence-electron chi connectivity index (χ4n) is 1.70. The normalized spacial score (nSPS) is 17.3. The second-order valence-electron chi connectivity index (χ2n) is 4.39. The van der Waals surface area contributed by atoms with E-state index in [2.05, 4.69) is 21.2 Å². The largest absolute Gasteiger partial charge is 0.481 e. The van der Waals surface area contributed by atoms with Gasteiger partial charge in [-0.15, -0.1) is 0 Å². The van der Waals surface area contributed by atoms with Gasteiger partial charge in [0, 0.05) is 16.7 Å². The minimum Gasteiger partial charge on any atom is -0.481 e. The molecule has 0 radical (unpaired) electrons. The van der Waals surface area contributed by atoms with Crippen LogP contribution in [-0.4, -0.2) is 30.8 Å². The van der Waals surface area contributed by atoms with E-state index in [1.165, 1.54) is 0 Å². The molecule has 1 heterocycles. The van der Waals surface area contributed by atoms with Crippen LogP contribution >= 0.6 is 15.9 Å². The highest BCUT2D eigenvalue weighted by Crippen LogP contribution is 2.29. The van der Waals surface area contributed by atoms with Crippen LogP contribution in [0.1, 0.15) is 5.56 Å².